The van der Waals surface area contributed by atoms with Crippen LogP contribution in [0, 0.1) is 5.92 Å². The smallest absolute Gasteiger partial charge is 0.263 e. The van der Waals surface area contributed by atoms with E-state index in [0.29, 0.717) is 36.2 Å². The molecule has 4 rings (SSSR count). The zero-order chi connectivity index (χ0) is 25.0. The van der Waals surface area contributed by atoms with Crippen LogP contribution >= 0.6 is 15.9 Å². The predicted molar refractivity (Wildman–Crippen MR) is 139 cm³/mol. The van der Waals surface area contributed by atoms with Gasteiger partial charge in [0, 0.05) is 16.1 Å². The molecule has 1 aliphatic heterocycles. The van der Waals surface area contributed by atoms with E-state index in [1.807, 2.05) is 36.4 Å². The fraction of sp³-hybridized carbons (Fsp3) is 0.360. The number of anilines is 1. The lowest BCUT2D eigenvalue weighted by molar-refractivity contribution is -0.118. The first-order chi connectivity index (χ1) is 16.7. The molecule has 8 nitrogen and oxygen atoms in total. The lowest BCUT2D eigenvalue weighted by atomic mass is 10.1. The monoisotopic (exact) mass is 561 g/mol. The highest BCUT2D eigenvalue weighted by molar-refractivity contribution is 9.10. The van der Waals surface area contributed by atoms with E-state index in [2.05, 4.69) is 40.2 Å². The van der Waals surface area contributed by atoms with Crippen molar-refractivity contribution in [2.75, 3.05) is 30.0 Å². The van der Waals surface area contributed by atoms with Crippen molar-refractivity contribution in [2.45, 2.75) is 26.3 Å². The van der Waals surface area contributed by atoms with Gasteiger partial charge in [0.2, 0.25) is 0 Å². The Hall–Kier alpha value is -2.85. The van der Waals surface area contributed by atoms with Crippen molar-refractivity contribution in [3.63, 3.8) is 0 Å². The summed E-state index contributed by atoms with van der Waals surface area (Å²) < 4.78 is 38.0. The summed E-state index contributed by atoms with van der Waals surface area (Å²) in [6.07, 6.45) is 0.448. The highest BCUT2D eigenvalue weighted by atomic mass is 79.9. The minimum atomic E-state index is -3.13. The third kappa shape index (κ3) is 6.85. The molecule has 1 aliphatic rings. The Bertz CT molecular complexity index is 1270. The zero-order valence-corrected chi connectivity index (χ0v) is 22.0. The van der Waals surface area contributed by atoms with Gasteiger partial charge < -0.3 is 14.8 Å². The number of ether oxygens (including phenoxy) is 2. The summed E-state index contributed by atoms with van der Waals surface area (Å²) in [6, 6.07) is 16.1. The van der Waals surface area contributed by atoms with Gasteiger partial charge in [-0.2, -0.15) is 5.10 Å². The molecule has 0 bridgehead atoms. The molecule has 3 aromatic rings. The summed E-state index contributed by atoms with van der Waals surface area (Å²) in [5.74, 6) is 1.93. The van der Waals surface area contributed by atoms with Gasteiger partial charge in [-0.15, -0.1) is 0 Å². The van der Waals surface area contributed by atoms with E-state index >= 15 is 0 Å². The molecule has 0 saturated carbocycles. The van der Waals surface area contributed by atoms with Crippen molar-refractivity contribution in [3.05, 3.63) is 59.1 Å². The standard InChI is InChI=1S/C25H28BrN3O5S/c1-17(2)14-33-21-7-3-18(4-8-21)23-13-24(29(28-23)20-11-12-35(31,32)16-20)27-25(30)15-34-22-9-5-19(26)6-10-22/h3-10,13,17,20H,11-12,14-16H2,1-2H3,(H,27,30). The first kappa shape index (κ1) is 25.2. The van der Waals surface area contributed by atoms with E-state index < -0.39 is 9.84 Å². The van der Waals surface area contributed by atoms with E-state index in [1.54, 1.807) is 22.9 Å². The molecule has 1 atom stereocenters. The van der Waals surface area contributed by atoms with Gasteiger partial charge in [-0.3, -0.25) is 4.79 Å². The van der Waals surface area contributed by atoms with Crippen LogP contribution in [0.2, 0.25) is 0 Å². The van der Waals surface area contributed by atoms with Crippen LogP contribution in [0.3, 0.4) is 0 Å². The maximum absolute atomic E-state index is 12.6. The number of halogens is 1. The lowest BCUT2D eigenvalue weighted by Gasteiger charge is -2.14. The Balaban J connectivity index is 1.52. The number of nitrogens with one attached hydrogen (secondary N) is 1. The average molecular weight is 562 g/mol. The molecule has 0 radical (unpaired) electrons. The number of nitrogens with zero attached hydrogens (tertiary/aromatic N) is 2. The van der Waals surface area contributed by atoms with Gasteiger partial charge in [0.15, 0.2) is 16.4 Å². The summed E-state index contributed by atoms with van der Waals surface area (Å²) in [4.78, 5) is 12.6. The molecule has 2 aromatic carbocycles. The van der Waals surface area contributed by atoms with Crippen molar-refractivity contribution in [1.29, 1.82) is 0 Å². The topological polar surface area (TPSA) is 99.5 Å². The molecule has 1 aromatic heterocycles. The fourth-order valence-electron chi connectivity index (χ4n) is 3.72. The second-order valence-corrected chi connectivity index (χ2v) is 12.1. The second kappa shape index (κ2) is 10.8. The van der Waals surface area contributed by atoms with Crippen molar-refractivity contribution >= 4 is 37.5 Å². The number of sulfone groups is 1. The van der Waals surface area contributed by atoms with Gasteiger partial charge in [0.25, 0.3) is 5.91 Å². The third-order valence-electron chi connectivity index (χ3n) is 5.47. The minimum absolute atomic E-state index is 0.00559. The first-order valence-electron chi connectivity index (χ1n) is 11.4. The molecule has 186 valence electrons. The van der Waals surface area contributed by atoms with Crippen molar-refractivity contribution in [3.8, 4) is 22.8 Å². The number of benzene rings is 2. The van der Waals surface area contributed by atoms with Crippen LogP contribution < -0.4 is 14.8 Å². The molecule has 1 amide bonds. The van der Waals surface area contributed by atoms with Gasteiger partial charge in [-0.25, -0.2) is 13.1 Å². The SMILES string of the molecule is CC(C)COc1ccc(-c2cc(NC(=O)COc3ccc(Br)cc3)n(C3CCS(=O)(=O)C3)n2)cc1. The Morgan fingerprint density at radius 1 is 1.11 bits per heavy atom. The van der Waals surface area contributed by atoms with Gasteiger partial charge in [-0.05, 0) is 60.9 Å². The fourth-order valence-corrected chi connectivity index (χ4v) is 5.68. The van der Waals surface area contributed by atoms with E-state index in [1.165, 1.54) is 0 Å². The van der Waals surface area contributed by atoms with Crippen molar-refractivity contribution in [2.24, 2.45) is 5.92 Å². The Labute approximate surface area is 213 Å². The summed E-state index contributed by atoms with van der Waals surface area (Å²) >= 11 is 3.36. The van der Waals surface area contributed by atoms with Crippen LogP contribution in [0.4, 0.5) is 5.82 Å². The van der Waals surface area contributed by atoms with Crippen LogP contribution in [-0.4, -0.2) is 48.8 Å². The molecule has 10 heteroatoms. The van der Waals surface area contributed by atoms with E-state index in [4.69, 9.17) is 9.47 Å². The maximum atomic E-state index is 12.6. The van der Waals surface area contributed by atoms with Crippen LogP contribution in [-0.2, 0) is 14.6 Å². The number of hydrogen-bond acceptors (Lipinski definition) is 6. The second-order valence-electron chi connectivity index (χ2n) is 8.94. The van der Waals surface area contributed by atoms with Crippen molar-refractivity contribution < 1.29 is 22.7 Å². The Kier molecular flexibility index (Phi) is 7.81. The number of hydrogen-bond donors (Lipinski definition) is 1. The predicted octanol–water partition coefficient (Wildman–Crippen LogP) is 4.72. The summed E-state index contributed by atoms with van der Waals surface area (Å²) in [5, 5.41) is 7.50. The number of rotatable bonds is 9. The molecule has 35 heavy (non-hydrogen) atoms. The van der Waals surface area contributed by atoms with Crippen LogP contribution in [0.25, 0.3) is 11.3 Å². The highest BCUT2D eigenvalue weighted by Gasteiger charge is 2.31. The van der Waals surface area contributed by atoms with E-state index in [9.17, 15) is 13.2 Å². The molecule has 0 spiro atoms. The molecule has 1 unspecified atom stereocenters. The lowest BCUT2D eigenvalue weighted by Crippen LogP contribution is -2.23. The van der Waals surface area contributed by atoms with Gasteiger partial charge in [0.1, 0.15) is 17.3 Å². The highest BCUT2D eigenvalue weighted by Crippen LogP contribution is 2.31. The molecular weight excluding hydrogens is 534 g/mol. The van der Waals surface area contributed by atoms with Gasteiger partial charge >= 0.3 is 0 Å². The quantitative estimate of drug-likeness (QED) is 0.405. The summed E-state index contributed by atoms with van der Waals surface area (Å²) in [7, 11) is -3.13. The number of carbonyl (C=O) groups is 1. The summed E-state index contributed by atoms with van der Waals surface area (Å²) in [6.45, 7) is 4.61. The van der Waals surface area contributed by atoms with E-state index in [-0.39, 0.29) is 30.1 Å². The zero-order valence-electron chi connectivity index (χ0n) is 19.6. The Morgan fingerprint density at radius 3 is 2.40 bits per heavy atom. The minimum Gasteiger partial charge on any atom is -0.493 e. The largest absolute Gasteiger partial charge is 0.493 e. The number of aromatic nitrogens is 2. The number of carbonyl (C=O) groups excluding carboxylic acids is 1. The van der Waals surface area contributed by atoms with Gasteiger partial charge in [-0.1, -0.05) is 29.8 Å². The van der Waals surface area contributed by atoms with Gasteiger partial charge in [0.05, 0.1) is 29.8 Å². The molecule has 0 aliphatic carbocycles. The first-order valence-corrected chi connectivity index (χ1v) is 14.0. The molecule has 2 heterocycles. The maximum Gasteiger partial charge on any atom is 0.263 e. The molecular formula is C25H28BrN3O5S. The summed E-state index contributed by atoms with van der Waals surface area (Å²) in [5.41, 5.74) is 1.47. The van der Waals surface area contributed by atoms with E-state index in [0.717, 1.165) is 15.8 Å². The third-order valence-corrected chi connectivity index (χ3v) is 7.75. The molecule has 1 fully saturated rings. The average Bonchev–Trinajstić information content (AvgIpc) is 3.40. The molecule has 1 N–H and O–H groups in total. The normalized spacial score (nSPS) is 16.9. The van der Waals surface area contributed by atoms with Crippen LogP contribution in [0.15, 0.2) is 59.1 Å². The van der Waals surface area contributed by atoms with Crippen LogP contribution in [0.5, 0.6) is 11.5 Å². The number of amides is 1. The molecule has 1 saturated heterocycles. The van der Waals surface area contributed by atoms with Crippen molar-refractivity contribution in [1.82, 2.24) is 9.78 Å². The van der Waals surface area contributed by atoms with Crippen LogP contribution in [0.1, 0.15) is 26.3 Å². The Morgan fingerprint density at radius 2 is 1.77 bits per heavy atom.